The van der Waals surface area contributed by atoms with Crippen LogP contribution in [0.15, 0.2) is 47.6 Å². The zero-order chi connectivity index (χ0) is 25.2. The summed E-state index contributed by atoms with van der Waals surface area (Å²) in [6.07, 6.45) is 1.82. The molecule has 5 N–H and O–H groups in total. The summed E-state index contributed by atoms with van der Waals surface area (Å²) >= 11 is 3.32. The number of aliphatic hydroxyl groups is 2. The average Bonchev–Trinajstić information content (AvgIpc) is 3.37. The quantitative estimate of drug-likeness (QED) is 0.198. The molecule has 0 amide bonds. The highest BCUT2D eigenvalue weighted by Crippen LogP contribution is 2.30. The number of halogens is 1. The molecule has 13 nitrogen and oxygen atoms in total. The molecule has 1 saturated carbocycles. The van der Waals surface area contributed by atoms with E-state index in [-0.39, 0.29) is 23.5 Å². The van der Waals surface area contributed by atoms with Crippen molar-refractivity contribution in [2.75, 3.05) is 11.9 Å². The third-order valence-electron chi connectivity index (χ3n) is 5.50. The fourth-order valence-corrected chi connectivity index (χ4v) is 4.56. The van der Waals surface area contributed by atoms with Gasteiger partial charge in [0.15, 0.2) is 0 Å². The van der Waals surface area contributed by atoms with Gasteiger partial charge in [0, 0.05) is 18.3 Å². The Kier molecular flexibility index (Phi) is 7.53. The van der Waals surface area contributed by atoms with Gasteiger partial charge in [-0.15, -0.1) is 0 Å². The number of carbonyl (C=O) groups is 1. The smallest absolute Gasteiger partial charge is 0.333 e. The van der Waals surface area contributed by atoms with Crippen molar-refractivity contribution in [3.8, 4) is 0 Å². The number of ketones is 1. The number of hydrogen-bond donors (Lipinski definition) is 4. The summed E-state index contributed by atoms with van der Waals surface area (Å²) in [6, 6.07) is 6.32. The number of pyridine rings is 1. The number of hydrogen-bond acceptors (Lipinski definition) is 11. The third kappa shape index (κ3) is 6.25. The van der Waals surface area contributed by atoms with E-state index in [1.54, 1.807) is 23.0 Å². The van der Waals surface area contributed by atoms with E-state index in [0.717, 1.165) is 5.69 Å². The molecule has 4 atom stereocenters. The van der Waals surface area contributed by atoms with E-state index in [0.29, 0.717) is 11.1 Å². The molecule has 1 fully saturated rings. The fraction of sp³-hybridized carbons (Fsp3) is 0.350. The Morgan fingerprint density at radius 2 is 2.09 bits per heavy atom. The monoisotopic (exact) mass is 567 g/mol. The second-order valence-electron chi connectivity index (χ2n) is 7.97. The van der Waals surface area contributed by atoms with Crippen molar-refractivity contribution in [2.45, 2.75) is 31.2 Å². The molecule has 3 heterocycles. The van der Waals surface area contributed by atoms with Gasteiger partial charge in [-0.1, -0.05) is 6.07 Å². The number of aromatic nitrogens is 5. The lowest BCUT2D eigenvalue weighted by molar-refractivity contribution is 0.00778. The van der Waals surface area contributed by atoms with Crippen LogP contribution in [0.3, 0.4) is 0 Å². The van der Waals surface area contributed by atoms with Gasteiger partial charge in [0.05, 0.1) is 36.6 Å². The summed E-state index contributed by atoms with van der Waals surface area (Å²) in [6.45, 7) is -0.0354. The lowest BCUT2D eigenvalue weighted by Gasteiger charge is -2.19. The van der Waals surface area contributed by atoms with Gasteiger partial charge < -0.3 is 15.5 Å². The van der Waals surface area contributed by atoms with Crippen LogP contribution >= 0.6 is 15.9 Å². The Labute approximate surface area is 208 Å². The van der Waals surface area contributed by atoms with E-state index in [1.165, 1.54) is 12.5 Å². The van der Waals surface area contributed by atoms with Crippen molar-refractivity contribution in [3.05, 3.63) is 64.5 Å². The van der Waals surface area contributed by atoms with Crippen LogP contribution in [-0.4, -0.2) is 74.0 Å². The lowest BCUT2D eigenvalue weighted by Crippen LogP contribution is -2.36. The molecular formula is C20H22BrN7O6S. The van der Waals surface area contributed by atoms with Crippen molar-refractivity contribution >= 4 is 37.8 Å². The van der Waals surface area contributed by atoms with Crippen LogP contribution in [0.25, 0.3) is 0 Å². The molecule has 0 unspecified atom stereocenters. The first-order chi connectivity index (χ1) is 16.6. The standard InChI is InChI=1S/C20H22BrN7O6S/c21-16-3-1-2-12(25-16)8-28-5-4-14(27-28)18(30)13-7-23-10-24-20(13)26-15-6-11(17(29)19(15)31)9-34-35(22,32)33/h1-5,7,10-11,15,17,19,29,31H,6,8-9H2,(H2,22,32,33)(H,23,24,26)/t11-,15-,17-,19+/m1/s1. The third-order valence-corrected chi connectivity index (χ3v) is 6.40. The average molecular weight is 568 g/mol. The van der Waals surface area contributed by atoms with Crippen LogP contribution in [0.1, 0.15) is 28.2 Å². The van der Waals surface area contributed by atoms with Crippen LogP contribution in [0.5, 0.6) is 0 Å². The summed E-state index contributed by atoms with van der Waals surface area (Å²) in [7, 11) is -4.19. The number of nitrogens with one attached hydrogen (secondary N) is 1. The van der Waals surface area contributed by atoms with Crippen molar-refractivity contribution < 1.29 is 27.6 Å². The van der Waals surface area contributed by atoms with E-state index in [1.807, 2.05) is 12.1 Å². The maximum Gasteiger partial charge on any atom is 0.333 e. The van der Waals surface area contributed by atoms with Crippen molar-refractivity contribution in [3.63, 3.8) is 0 Å². The van der Waals surface area contributed by atoms with Gasteiger partial charge in [-0.2, -0.15) is 13.5 Å². The van der Waals surface area contributed by atoms with E-state index < -0.39 is 46.9 Å². The second kappa shape index (κ2) is 10.4. The molecule has 3 aromatic rings. The van der Waals surface area contributed by atoms with Crippen molar-refractivity contribution in [2.24, 2.45) is 11.1 Å². The molecule has 35 heavy (non-hydrogen) atoms. The number of rotatable bonds is 9. The topological polar surface area (TPSA) is 195 Å². The normalized spacial score (nSPS) is 22.3. The predicted octanol–water partition coefficient (Wildman–Crippen LogP) is -0.148. The van der Waals surface area contributed by atoms with E-state index in [4.69, 9.17) is 5.14 Å². The first-order valence-corrected chi connectivity index (χ1v) is 12.7. The fourth-order valence-electron chi connectivity index (χ4n) is 3.81. The lowest BCUT2D eigenvalue weighted by atomic mass is 10.1. The van der Waals surface area contributed by atoms with E-state index >= 15 is 0 Å². The molecule has 15 heteroatoms. The van der Waals surface area contributed by atoms with Crippen molar-refractivity contribution in [1.82, 2.24) is 24.7 Å². The largest absolute Gasteiger partial charge is 0.390 e. The first kappa shape index (κ1) is 25.3. The van der Waals surface area contributed by atoms with Crippen LogP contribution in [0.2, 0.25) is 0 Å². The molecule has 0 aliphatic heterocycles. The minimum atomic E-state index is -4.19. The Morgan fingerprint density at radius 1 is 1.29 bits per heavy atom. The molecule has 1 aliphatic carbocycles. The van der Waals surface area contributed by atoms with Gasteiger partial charge in [0.25, 0.3) is 0 Å². The van der Waals surface area contributed by atoms with Gasteiger partial charge in [-0.25, -0.2) is 20.1 Å². The van der Waals surface area contributed by atoms with E-state index in [9.17, 15) is 23.4 Å². The molecule has 1 aliphatic rings. The van der Waals surface area contributed by atoms with Crippen LogP contribution < -0.4 is 10.5 Å². The minimum absolute atomic E-state index is 0.115. The summed E-state index contributed by atoms with van der Waals surface area (Å²) in [5, 5.41) is 32.8. The highest BCUT2D eigenvalue weighted by atomic mass is 79.9. The van der Waals surface area contributed by atoms with Gasteiger partial charge in [-0.05, 0) is 40.5 Å². The summed E-state index contributed by atoms with van der Waals surface area (Å²) in [4.78, 5) is 25.5. The Hall–Kier alpha value is -2.82. The molecule has 186 valence electrons. The number of nitrogens with zero attached hydrogens (tertiary/aromatic N) is 5. The van der Waals surface area contributed by atoms with Gasteiger partial charge in [0.1, 0.15) is 28.5 Å². The Morgan fingerprint density at radius 3 is 2.83 bits per heavy atom. The van der Waals surface area contributed by atoms with Crippen LogP contribution in [-0.2, 0) is 21.0 Å². The number of nitrogens with two attached hydrogens (primary N) is 1. The van der Waals surface area contributed by atoms with Crippen molar-refractivity contribution in [1.29, 1.82) is 0 Å². The van der Waals surface area contributed by atoms with Gasteiger partial charge >= 0.3 is 10.3 Å². The molecule has 0 saturated heterocycles. The maximum absolute atomic E-state index is 13.2. The Bertz CT molecular complexity index is 1320. The summed E-state index contributed by atoms with van der Waals surface area (Å²) in [5.41, 5.74) is 1.02. The summed E-state index contributed by atoms with van der Waals surface area (Å²) < 4.78 is 28.9. The van der Waals surface area contributed by atoms with Gasteiger partial charge in [-0.3, -0.25) is 13.7 Å². The minimum Gasteiger partial charge on any atom is -0.390 e. The van der Waals surface area contributed by atoms with Crippen LogP contribution in [0.4, 0.5) is 5.82 Å². The Balaban J connectivity index is 1.47. The highest BCUT2D eigenvalue weighted by molar-refractivity contribution is 9.10. The van der Waals surface area contributed by atoms with Gasteiger partial charge in [0.2, 0.25) is 5.78 Å². The molecule has 0 aromatic carbocycles. The molecule has 4 rings (SSSR count). The highest BCUT2D eigenvalue weighted by Gasteiger charge is 2.42. The van der Waals surface area contributed by atoms with E-state index in [2.05, 4.69) is 45.5 Å². The zero-order valence-electron chi connectivity index (χ0n) is 18.1. The summed E-state index contributed by atoms with van der Waals surface area (Å²) in [5.74, 6) is -1.02. The molecule has 0 bridgehead atoms. The predicted molar refractivity (Wildman–Crippen MR) is 125 cm³/mol. The van der Waals surface area contributed by atoms with Crippen LogP contribution in [0, 0.1) is 5.92 Å². The number of anilines is 1. The first-order valence-electron chi connectivity index (χ1n) is 10.4. The second-order valence-corrected chi connectivity index (χ2v) is 10.0. The molecular weight excluding hydrogens is 546 g/mol. The number of carbonyl (C=O) groups excluding carboxylic acids is 1. The molecule has 0 radical (unpaired) electrons. The maximum atomic E-state index is 13.2. The molecule has 3 aromatic heterocycles. The number of aliphatic hydroxyl groups excluding tert-OH is 2. The SMILES string of the molecule is NS(=O)(=O)OC[C@H]1C[C@@H](Nc2ncncc2C(=O)c2ccn(Cc3cccc(Br)n3)n2)[C@H](O)[C@@H]1O. The molecule has 0 spiro atoms. The zero-order valence-corrected chi connectivity index (χ0v) is 20.5.